The van der Waals surface area contributed by atoms with E-state index < -0.39 is 0 Å². The molecule has 4 rings (SSSR count). The van der Waals surface area contributed by atoms with Crippen molar-refractivity contribution < 1.29 is 0 Å². The summed E-state index contributed by atoms with van der Waals surface area (Å²) in [4.78, 5) is 9.37. The number of hydrogen-bond acceptors (Lipinski definition) is 3. The lowest BCUT2D eigenvalue weighted by molar-refractivity contribution is 0.163. The SMILES string of the molecule is CN=C(NCC1(N(C)C)Cc2ccccc2C1)N1CCC(c2cnn(C)c2)C1. The zero-order valence-corrected chi connectivity index (χ0v) is 17.5. The summed E-state index contributed by atoms with van der Waals surface area (Å²) >= 11 is 0. The summed E-state index contributed by atoms with van der Waals surface area (Å²) < 4.78 is 1.89. The van der Waals surface area contributed by atoms with Crippen molar-refractivity contribution in [3.8, 4) is 0 Å². The summed E-state index contributed by atoms with van der Waals surface area (Å²) in [6, 6.07) is 8.85. The molecule has 1 aromatic carbocycles. The molecule has 1 fully saturated rings. The van der Waals surface area contributed by atoms with Gasteiger partial charge < -0.3 is 15.1 Å². The molecule has 150 valence electrons. The van der Waals surface area contributed by atoms with E-state index in [1.165, 1.54) is 16.7 Å². The predicted octanol–water partition coefficient (Wildman–Crippen LogP) is 1.88. The molecule has 1 N–H and O–H groups in total. The molecule has 1 saturated heterocycles. The van der Waals surface area contributed by atoms with E-state index >= 15 is 0 Å². The van der Waals surface area contributed by atoms with E-state index in [1.54, 1.807) is 0 Å². The number of aromatic nitrogens is 2. The van der Waals surface area contributed by atoms with Crippen LogP contribution < -0.4 is 5.32 Å². The number of benzene rings is 1. The molecule has 1 aromatic heterocycles. The molecule has 1 unspecified atom stereocenters. The molecule has 6 heteroatoms. The van der Waals surface area contributed by atoms with Crippen molar-refractivity contribution in [3.63, 3.8) is 0 Å². The number of likely N-dealkylation sites (N-methyl/N-ethyl adjacent to an activating group) is 1. The number of nitrogens with one attached hydrogen (secondary N) is 1. The molecule has 2 aromatic rings. The van der Waals surface area contributed by atoms with Crippen LogP contribution in [-0.4, -0.2) is 71.9 Å². The minimum atomic E-state index is 0.0993. The van der Waals surface area contributed by atoms with Crippen molar-refractivity contribution in [2.24, 2.45) is 12.0 Å². The maximum atomic E-state index is 4.60. The van der Waals surface area contributed by atoms with Crippen LogP contribution in [0.5, 0.6) is 0 Å². The Morgan fingerprint density at radius 2 is 2.00 bits per heavy atom. The van der Waals surface area contributed by atoms with Crippen LogP contribution in [0, 0.1) is 0 Å². The van der Waals surface area contributed by atoms with E-state index in [2.05, 4.69) is 69.8 Å². The van der Waals surface area contributed by atoms with Crippen molar-refractivity contribution in [3.05, 3.63) is 53.3 Å². The Morgan fingerprint density at radius 1 is 1.29 bits per heavy atom. The Morgan fingerprint density at radius 3 is 2.57 bits per heavy atom. The molecule has 1 atom stereocenters. The highest BCUT2D eigenvalue weighted by Crippen LogP contribution is 2.33. The zero-order valence-electron chi connectivity index (χ0n) is 17.5. The minimum absolute atomic E-state index is 0.0993. The fraction of sp³-hybridized carbons (Fsp3) is 0.545. The number of rotatable bonds is 4. The first-order valence-electron chi connectivity index (χ1n) is 10.2. The van der Waals surface area contributed by atoms with Gasteiger partial charge in [0.1, 0.15) is 0 Å². The van der Waals surface area contributed by atoms with Crippen molar-refractivity contribution in [1.29, 1.82) is 0 Å². The van der Waals surface area contributed by atoms with E-state index in [4.69, 9.17) is 0 Å². The maximum absolute atomic E-state index is 4.60. The highest BCUT2D eigenvalue weighted by Gasteiger charge is 2.39. The number of nitrogens with zero attached hydrogens (tertiary/aromatic N) is 5. The molecular weight excluding hydrogens is 348 g/mol. The Hall–Kier alpha value is -2.34. The second kappa shape index (κ2) is 7.59. The van der Waals surface area contributed by atoms with E-state index in [-0.39, 0.29) is 5.54 Å². The molecule has 0 amide bonds. The molecule has 28 heavy (non-hydrogen) atoms. The molecule has 2 heterocycles. The standard InChI is InChI=1S/C22H32N6/c1-23-21(28-10-9-19(15-28)20-13-25-27(4)14-20)24-16-22(26(2)3)11-17-7-5-6-8-18(17)12-22/h5-8,13-14,19H,9-12,15-16H2,1-4H3,(H,23,24). The molecule has 0 saturated carbocycles. The van der Waals surface area contributed by atoms with Crippen LogP contribution >= 0.6 is 0 Å². The second-order valence-electron chi connectivity index (χ2n) is 8.52. The van der Waals surface area contributed by atoms with Crippen LogP contribution in [0.4, 0.5) is 0 Å². The third kappa shape index (κ3) is 3.53. The Labute approximate surface area is 168 Å². The van der Waals surface area contributed by atoms with Crippen molar-refractivity contribution in [2.75, 3.05) is 40.8 Å². The lowest BCUT2D eigenvalue weighted by Crippen LogP contribution is -2.55. The normalized spacial score (nSPS) is 21.4. The van der Waals surface area contributed by atoms with E-state index in [0.717, 1.165) is 44.9 Å². The second-order valence-corrected chi connectivity index (χ2v) is 8.52. The summed E-state index contributed by atoms with van der Waals surface area (Å²) in [5.41, 5.74) is 4.38. The van der Waals surface area contributed by atoms with Crippen molar-refractivity contribution in [2.45, 2.75) is 30.7 Å². The lowest BCUT2D eigenvalue weighted by Gasteiger charge is -2.37. The predicted molar refractivity (Wildman–Crippen MR) is 114 cm³/mol. The Bertz CT molecular complexity index is 827. The van der Waals surface area contributed by atoms with Gasteiger partial charge >= 0.3 is 0 Å². The summed E-state index contributed by atoms with van der Waals surface area (Å²) in [5.74, 6) is 1.55. The van der Waals surface area contributed by atoms with Gasteiger partial charge in [0.05, 0.1) is 6.20 Å². The van der Waals surface area contributed by atoms with Crippen LogP contribution in [0.2, 0.25) is 0 Å². The van der Waals surface area contributed by atoms with Gasteiger partial charge in [-0.05, 0) is 50.0 Å². The van der Waals surface area contributed by atoms with Crippen LogP contribution in [0.15, 0.2) is 41.7 Å². The largest absolute Gasteiger partial charge is 0.354 e. The van der Waals surface area contributed by atoms with Gasteiger partial charge in [-0.1, -0.05) is 24.3 Å². The number of fused-ring (bicyclic) bond motifs is 1. The van der Waals surface area contributed by atoms with Crippen molar-refractivity contribution in [1.82, 2.24) is 24.9 Å². The fourth-order valence-corrected chi connectivity index (χ4v) is 4.72. The monoisotopic (exact) mass is 380 g/mol. The van der Waals surface area contributed by atoms with Crippen LogP contribution in [0.1, 0.15) is 29.0 Å². The first-order chi connectivity index (χ1) is 13.5. The first-order valence-corrected chi connectivity index (χ1v) is 10.2. The summed E-state index contributed by atoms with van der Waals surface area (Å²) in [6.45, 7) is 2.93. The maximum Gasteiger partial charge on any atom is 0.193 e. The number of aryl methyl sites for hydroxylation is 1. The third-order valence-corrected chi connectivity index (χ3v) is 6.58. The smallest absolute Gasteiger partial charge is 0.193 e. The number of likely N-dealkylation sites (tertiary alicyclic amines) is 1. The quantitative estimate of drug-likeness (QED) is 0.650. The van der Waals surface area contributed by atoms with Gasteiger partial charge in [0, 0.05) is 51.4 Å². The molecule has 0 spiro atoms. The topological polar surface area (TPSA) is 48.7 Å². The van der Waals surface area contributed by atoms with Crippen LogP contribution in [-0.2, 0) is 19.9 Å². The molecule has 2 aliphatic rings. The van der Waals surface area contributed by atoms with Gasteiger partial charge in [-0.15, -0.1) is 0 Å². The molecule has 1 aliphatic carbocycles. The number of guanidine groups is 1. The van der Waals surface area contributed by atoms with Gasteiger partial charge in [-0.25, -0.2) is 0 Å². The Kier molecular flexibility index (Phi) is 5.15. The van der Waals surface area contributed by atoms with E-state index in [0.29, 0.717) is 5.92 Å². The van der Waals surface area contributed by atoms with Gasteiger partial charge in [0.25, 0.3) is 0 Å². The number of hydrogen-bond donors (Lipinski definition) is 1. The molecule has 0 radical (unpaired) electrons. The van der Waals surface area contributed by atoms with Crippen LogP contribution in [0.25, 0.3) is 0 Å². The minimum Gasteiger partial charge on any atom is -0.354 e. The molecule has 1 aliphatic heterocycles. The molecular formula is C22H32N6. The van der Waals surface area contributed by atoms with Gasteiger partial charge in [0.15, 0.2) is 5.96 Å². The first kappa shape index (κ1) is 19.0. The molecule has 0 bridgehead atoms. The fourth-order valence-electron chi connectivity index (χ4n) is 4.72. The average Bonchev–Trinajstić information content (AvgIpc) is 3.40. The third-order valence-electron chi connectivity index (χ3n) is 6.58. The van der Waals surface area contributed by atoms with Crippen LogP contribution in [0.3, 0.4) is 0 Å². The van der Waals surface area contributed by atoms with E-state index in [1.807, 2.05) is 25.0 Å². The number of aliphatic imine (C=N–C) groups is 1. The van der Waals surface area contributed by atoms with Gasteiger partial charge in [-0.2, -0.15) is 5.10 Å². The van der Waals surface area contributed by atoms with Gasteiger partial charge in [0.2, 0.25) is 0 Å². The highest BCUT2D eigenvalue weighted by molar-refractivity contribution is 5.80. The zero-order chi connectivity index (χ0) is 19.7. The highest BCUT2D eigenvalue weighted by atomic mass is 15.3. The summed E-state index contributed by atoms with van der Waals surface area (Å²) in [5, 5.41) is 8.04. The summed E-state index contributed by atoms with van der Waals surface area (Å²) in [7, 11) is 8.28. The molecule has 6 nitrogen and oxygen atoms in total. The van der Waals surface area contributed by atoms with Crippen molar-refractivity contribution >= 4 is 5.96 Å². The summed E-state index contributed by atoms with van der Waals surface area (Å²) in [6.07, 6.45) is 7.45. The van der Waals surface area contributed by atoms with E-state index in [9.17, 15) is 0 Å². The lowest BCUT2D eigenvalue weighted by atomic mass is 9.94. The average molecular weight is 381 g/mol. The van der Waals surface area contributed by atoms with Gasteiger partial charge in [-0.3, -0.25) is 9.67 Å². The Balaban J connectivity index is 1.41.